The van der Waals surface area contributed by atoms with Crippen LogP contribution in [0.5, 0.6) is 0 Å². The first-order chi connectivity index (χ1) is 14.3. The molecule has 1 aliphatic rings. The second kappa shape index (κ2) is 8.90. The van der Waals surface area contributed by atoms with Crippen LogP contribution in [0.15, 0.2) is 60.7 Å². The van der Waals surface area contributed by atoms with E-state index in [1.54, 1.807) is 19.1 Å². The number of carbonyl (C=O) groups is 1. The zero-order chi connectivity index (χ0) is 21.8. The number of rotatable bonds is 8. The Hall–Kier alpha value is -2.18. The number of benzene rings is 2. The van der Waals surface area contributed by atoms with Gasteiger partial charge in [0.1, 0.15) is 5.75 Å². The minimum absolute atomic E-state index is 0.0344. The van der Waals surface area contributed by atoms with E-state index in [-0.39, 0.29) is 15.6 Å². The minimum Gasteiger partial charge on any atom is -0.477 e. The van der Waals surface area contributed by atoms with Crippen LogP contribution >= 0.6 is 0 Å². The molecular formula is C24H32NO4S+. The molecule has 5 nitrogen and oxygen atoms in total. The average Bonchev–Trinajstić information content (AvgIpc) is 2.73. The molecular weight excluding hydrogens is 398 g/mol. The van der Waals surface area contributed by atoms with Crippen molar-refractivity contribution in [1.82, 2.24) is 0 Å². The second-order valence-electron chi connectivity index (χ2n) is 8.58. The first-order valence-electron chi connectivity index (χ1n) is 10.7. The lowest BCUT2D eigenvalue weighted by Crippen LogP contribution is -2.72. The summed E-state index contributed by atoms with van der Waals surface area (Å²) >= 11 is 0. The molecule has 0 radical (unpaired) electrons. The van der Waals surface area contributed by atoms with E-state index < -0.39 is 21.5 Å². The van der Waals surface area contributed by atoms with Gasteiger partial charge in [0, 0.05) is 19.8 Å². The van der Waals surface area contributed by atoms with Crippen LogP contribution in [-0.4, -0.2) is 42.0 Å². The molecule has 6 heteroatoms. The van der Waals surface area contributed by atoms with Crippen molar-refractivity contribution < 1.29 is 22.2 Å². The number of hydrogen-bond donors (Lipinski definition) is 1. The second-order valence-corrected chi connectivity index (χ2v) is 10.7. The number of aliphatic carboxylic acids is 1. The molecule has 0 aromatic heterocycles. The fourth-order valence-electron chi connectivity index (χ4n) is 4.90. The summed E-state index contributed by atoms with van der Waals surface area (Å²) in [4.78, 5) is 12.7. The summed E-state index contributed by atoms with van der Waals surface area (Å²) in [6.45, 7) is 4.30. The van der Waals surface area contributed by atoms with Crippen molar-refractivity contribution in [3.05, 3.63) is 71.8 Å². The lowest BCUT2D eigenvalue weighted by Gasteiger charge is -2.52. The number of quaternary nitrogens is 1. The molecule has 0 saturated carbocycles. The van der Waals surface area contributed by atoms with Crippen molar-refractivity contribution in [1.29, 1.82) is 0 Å². The van der Waals surface area contributed by atoms with Crippen LogP contribution in [0.1, 0.15) is 56.6 Å². The number of carboxylic acids is 1. The molecule has 0 spiro atoms. The minimum atomic E-state index is -3.77. The van der Waals surface area contributed by atoms with E-state index in [4.69, 9.17) is 0 Å². The van der Waals surface area contributed by atoms with Crippen molar-refractivity contribution in [3.8, 4) is 0 Å². The van der Waals surface area contributed by atoms with Crippen LogP contribution in [0.25, 0.3) is 0 Å². The van der Waals surface area contributed by atoms with E-state index >= 15 is 0 Å². The average molecular weight is 431 g/mol. The van der Waals surface area contributed by atoms with Gasteiger partial charge in [-0.15, -0.1) is 0 Å². The van der Waals surface area contributed by atoms with Gasteiger partial charge in [-0.05, 0) is 23.5 Å². The van der Waals surface area contributed by atoms with Gasteiger partial charge < -0.3 is 5.11 Å². The standard InChI is InChI=1S/C24H31NO4S/c1-3-4-16-25(30(28,29)19-20-11-7-5-8-12-20)17-15-22(18-24(25,2)23(26)27)21-13-9-6-10-14-21/h5-14,22H,3-4,15-19H2,1-2H3/p+1. The zero-order valence-corrected chi connectivity index (χ0v) is 18.6. The monoisotopic (exact) mass is 430 g/mol. The summed E-state index contributed by atoms with van der Waals surface area (Å²) in [5.74, 6) is -1.14. The molecule has 0 amide bonds. The number of hydrogen-bond acceptors (Lipinski definition) is 3. The molecule has 3 unspecified atom stereocenters. The third kappa shape index (κ3) is 4.03. The van der Waals surface area contributed by atoms with Gasteiger partial charge in [0.2, 0.25) is 5.54 Å². The Labute approximate surface area is 180 Å². The fourth-order valence-corrected chi connectivity index (χ4v) is 7.31. The predicted molar refractivity (Wildman–Crippen MR) is 118 cm³/mol. The Bertz CT molecular complexity index is 961. The summed E-state index contributed by atoms with van der Waals surface area (Å²) in [5, 5.41) is 10.3. The Kier molecular flexibility index (Phi) is 6.68. The molecule has 1 aliphatic heterocycles. The summed E-state index contributed by atoms with van der Waals surface area (Å²) in [6.07, 6.45) is 2.46. The van der Waals surface area contributed by atoms with E-state index in [1.165, 1.54) is 0 Å². The van der Waals surface area contributed by atoms with Crippen LogP contribution in [0.4, 0.5) is 0 Å². The molecule has 1 N–H and O–H groups in total. The highest BCUT2D eigenvalue weighted by Crippen LogP contribution is 2.46. The van der Waals surface area contributed by atoms with E-state index in [9.17, 15) is 18.3 Å². The van der Waals surface area contributed by atoms with Crippen LogP contribution in [0.3, 0.4) is 0 Å². The first kappa shape index (κ1) is 22.5. The highest BCUT2D eigenvalue weighted by atomic mass is 32.2. The van der Waals surface area contributed by atoms with Gasteiger partial charge in [0.05, 0.1) is 13.1 Å². The van der Waals surface area contributed by atoms with Crippen LogP contribution in [0, 0.1) is 0 Å². The number of sulfonamides is 1. The van der Waals surface area contributed by atoms with Gasteiger partial charge in [-0.2, -0.15) is 8.42 Å². The Balaban J connectivity index is 2.06. The third-order valence-corrected chi connectivity index (χ3v) is 9.24. The van der Waals surface area contributed by atoms with E-state index in [1.807, 2.05) is 55.5 Å². The van der Waals surface area contributed by atoms with Crippen LogP contribution in [-0.2, 0) is 20.6 Å². The van der Waals surface area contributed by atoms with Gasteiger partial charge >= 0.3 is 16.0 Å². The molecule has 3 atom stereocenters. The molecule has 1 heterocycles. The van der Waals surface area contributed by atoms with Crippen LogP contribution < -0.4 is 0 Å². The normalized spacial score (nSPS) is 26.9. The van der Waals surface area contributed by atoms with Crippen molar-refractivity contribution in [3.63, 3.8) is 0 Å². The maximum atomic E-state index is 13.9. The maximum absolute atomic E-state index is 13.9. The maximum Gasteiger partial charge on any atom is 0.366 e. The van der Waals surface area contributed by atoms with Crippen molar-refractivity contribution >= 4 is 16.0 Å². The molecule has 2 aromatic rings. The zero-order valence-electron chi connectivity index (χ0n) is 17.8. The van der Waals surface area contributed by atoms with Crippen molar-refractivity contribution in [2.45, 2.75) is 56.7 Å². The number of nitrogens with zero attached hydrogens (tertiary/aromatic N) is 1. The molecule has 0 bridgehead atoms. The third-order valence-electron chi connectivity index (χ3n) is 6.71. The summed E-state index contributed by atoms with van der Waals surface area (Å²) < 4.78 is 27.3. The molecule has 2 aromatic carbocycles. The fraction of sp³-hybridized carbons (Fsp3) is 0.458. The van der Waals surface area contributed by atoms with Gasteiger partial charge in [-0.3, -0.25) is 0 Å². The van der Waals surface area contributed by atoms with Gasteiger partial charge in [0.15, 0.2) is 0 Å². The molecule has 0 aliphatic carbocycles. The van der Waals surface area contributed by atoms with Crippen molar-refractivity contribution in [2.75, 3.05) is 13.1 Å². The smallest absolute Gasteiger partial charge is 0.366 e. The predicted octanol–water partition coefficient (Wildman–Crippen LogP) is 4.55. The lowest BCUT2D eigenvalue weighted by atomic mass is 9.78. The number of piperidine rings is 1. The SMILES string of the molecule is CCCC[N+]1(S(=O)(=O)Cc2ccccc2)CCC(c2ccccc2)CC1(C)C(=O)O. The highest BCUT2D eigenvalue weighted by Gasteiger charge is 2.63. The summed E-state index contributed by atoms with van der Waals surface area (Å²) in [7, 11) is -3.77. The Morgan fingerprint density at radius 1 is 1.10 bits per heavy atom. The van der Waals surface area contributed by atoms with E-state index in [0.29, 0.717) is 37.9 Å². The topological polar surface area (TPSA) is 71.4 Å². The highest BCUT2D eigenvalue weighted by molar-refractivity contribution is 7.85. The van der Waals surface area contributed by atoms with E-state index in [2.05, 4.69) is 0 Å². The van der Waals surface area contributed by atoms with Gasteiger partial charge in [0.25, 0.3) is 0 Å². The quantitative estimate of drug-likeness (QED) is 0.624. The van der Waals surface area contributed by atoms with Gasteiger partial charge in [-0.1, -0.05) is 74.0 Å². The molecule has 1 fully saturated rings. The van der Waals surface area contributed by atoms with E-state index in [0.717, 1.165) is 12.0 Å². The number of likely N-dealkylation sites (tertiary alicyclic amines) is 1. The molecule has 1 saturated heterocycles. The first-order valence-corrected chi connectivity index (χ1v) is 12.3. The number of unbranched alkanes of at least 4 members (excludes halogenated alkanes) is 1. The summed E-state index contributed by atoms with van der Waals surface area (Å²) in [6, 6.07) is 18.9. The van der Waals surface area contributed by atoms with Crippen molar-refractivity contribution in [2.24, 2.45) is 0 Å². The van der Waals surface area contributed by atoms with Crippen LogP contribution in [0.2, 0.25) is 0 Å². The molecule has 3 rings (SSSR count). The molecule has 30 heavy (non-hydrogen) atoms. The Morgan fingerprint density at radius 2 is 1.70 bits per heavy atom. The van der Waals surface area contributed by atoms with Gasteiger partial charge in [-0.25, -0.2) is 8.68 Å². The largest absolute Gasteiger partial charge is 0.477 e. The Morgan fingerprint density at radius 3 is 2.27 bits per heavy atom. The lowest BCUT2D eigenvalue weighted by molar-refractivity contribution is -0.857. The summed E-state index contributed by atoms with van der Waals surface area (Å²) in [5.41, 5.74) is 0.379. The number of carboxylic acid groups (broad SMARTS) is 1. The molecule has 162 valence electrons.